The van der Waals surface area contributed by atoms with Crippen molar-refractivity contribution in [1.29, 1.82) is 0 Å². The third kappa shape index (κ3) is 3.05. The van der Waals surface area contributed by atoms with Crippen molar-refractivity contribution >= 4 is 5.97 Å². The molecule has 1 fully saturated rings. The summed E-state index contributed by atoms with van der Waals surface area (Å²) in [6, 6.07) is 0. The standard InChI is InChI=1S/C11H17N3O4/c1-8-10(11(15)16)12-13-14(8)5-7-18-9-4-2-3-6-17-9/h9H,2-7H2,1H3,(H,15,16). The molecule has 1 unspecified atom stereocenters. The Morgan fingerprint density at radius 3 is 3.06 bits per heavy atom. The van der Waals surface area contributed by atoms with Crippen molar-refractivity contribution in [3.63, 3.8) is 0 Å². The smallest absolute Gasteiger partial charge is 0.358 e. The number of carboxylic acid groups (broad SMARTS) is 1. The van der Waals surface area contributed by atoms with Crippen LogP contribution in [0, 0.1) is 6.92 Å². The summed E-state index contributed by atoms with van der Waals surface area (Å²) in [4.78, 5) is 10.8. The van der Waals surface area contributed by atoms with Crippen LogP contribution in [0.4, 0.5) is 0 Å². The first-order valence-electron chi connectivity index (χ1n) is 6.05. The van der Waals surface area contributed by atoms with Crippen molar-refractivity contribution in [2.45, 2.75) is 39.0 Å². The summed E-state index contributed by atoms with van der Waals surface area (Å²) in [5.41, 5.74) is 0.527. The molecule has 0 aromatic carbocycles. The van der Waals surface area contributed by atoms with Crippen LogP contribution in [0.5, 0.6) is 0 Å². The van der Waals surface area contributed by atoms with Gasteiger partial charge in [-0.1, -0.05) is 5.21 Å². The molecule has 2 heterocycles. The Balaban J connectivity index is 1.81. The summed E-state index contributed by atoms with van der Waals surface area (Å²) < 4.78 is 12.5. The highest BCUT2D eigenvalue weighted by Crippen LogP contribution is 2.13. The highest BCUT2D eigenvalue weighted by atomic mass is 16.7. The Morgan fingerprint density at radius 2 is 2.44 bits per heavy atom. The molecule has 0 bridgehead atoms. The predicted molar refractivity (Wildman–Crippen MR) is 61.3 cm³/mol. The lowest BCUT2D eigenvalue weighted by Crippen LogP contribution is -2.24. The van der Waals surface area contributed by atoms with E-state index in [4.69, 9.17) is 14.6 Å². The minimum atomic E-state index is -1.06. The molecule has 100 valence electrons. The summed E-state index contributed by atoms with van der Waals surface area (Å²) in [6.07, 6.45) is 2.98. The average molecular weight is 255 g/mol. The van der Waals surface area contributed by atoms with Gasteiger partial charge in [-0.05, 0) is 26.2 Å². The number of carboxylic acids is 1. The van der Waals surface area contributed by atoms with Gasteiger partial charge in [-0.3, -0.25) is 0 Å². The monoisotopic (exact) mass is 255 g/mol. The van der Waals surface area contributed by atoms with Crippen molar-refractivity contribution in [1.82, 2.24) is 15.0 Å². The van der Waals surface area contributed by atoms with E-state index >= 15 is 0 Å². The predicted octanol–water partition coefficient (Wildman–Crippen LogP) is 0.828. The number of hydrogen-bond donors (Lipinski definition) is 1. The molecule has 0 spiro atoms. The molecule has 1 atom stereocenters. The molecule has 1 aromatic rings. The number of aromatic carboxylic acids is 1. The Morgan fingerprint density at radius 1 is 1.61 bits per heavy atom. The number of aromatic nitrogens is 3. The fraction of sp³-hybridized carbons (Fsp3) is 0.727. The van der Waals surface area contributed by atoms with Crippen LogP contribution in [0.25, 0.3) is 0 Å². The van der Waals surface area contributed by atoms with Gasteiger partial charge in [0.15, 0.2) is 12.0 Å². The molecule has 0 aliphatic carbocycles. The van der Waals surface area contributed by atoms with E-state index in [9.17, 15) is 4.79 Å². The van der Waals surface area contributed by atoms with Crippen LogP contribution in [0.1, 0.15) is 35.4 Å². The van der Waals surface area contributed by atoms with Gasteiger partial charge in [0.2, 0.25) is 0 Å². The molecule has 2 rings (SSSR count). The van der Waals surface area contributed by atoms with Crippen LogP contribution in [0.15, 0.2) is 0 Å². The molecule has 1 aromatic heterocycles. The summed E-state index contributed by atoms with van der Waals surface area (Å²) >= 11 is 0. The summed E-state index contributed by atoms with van der Waals surface area (Å²) in [5.74, 6) is -1.06. The molecule has 0 radical (unpaired) electrons. The average Bonchev–Trinajstić information content (AvgIpc) is 2.73. The second kappa shape index (κ2) is 5.92. The minimum Gasteiger partial charge on any atom is -0.476 e. The van der Waals surface area contributed by atoms with Gasteiger partial charge < -0.3 is 14.6 Å². The van der Waals surface area contributed by atoms with E-state index in [-0.39, 0.29) is 12.0 Å². The maximum Gasteiger partial charge on any atom is 0.358 e. The van der Waals surface area contributed by atoms with Gasteiger partial charge in [0.25, 0.3) is 0 Å². The van der Waals surface area contributed by atoms with E-state index in [0.717, 1.165) is 25.9 Å². The van der Waals surface area contributed by atoms with Gasteiger partial charge >= 0.3 is 5.97 Å². The summed E-state index contributed by atoms with van der Waals surface area (Å²) in [7, 11) is 0. The second-order valence-electron chi connectivity index (χ2n) is 4.22. The molecule has 0 amide bonds. The van der Waals surface area contributed by atoms with E-state index < -0.39 is 5.97 Å². The first-order valence-corrected chi connectivity index (χ1v) is 6.05. The van der Waals surface area contributed by atoms with E-state index in [1.165, 1.54) is 4.68 Å². The third-order valence-electron chi connectivity index (χ3n) is 2.93. The normalized spacial score (nSPS) is 19.9. The molecule has 18 heavy (non-hydrogen) atoms. The third-order valence-corrected chi connectivity index (χ3v) is 2.93. The largest absolute Gasteiger partial charge is 0.476 e. The minimum absolute atomic E-state index is 0.0103. The molecule has 7 nitrogen and oxygen atoms in total. The fourth-order valence-corrected chi connectivity index (χ4v) is 1.88. The summed E-state index contributed by atoms with van der Waals surface area (Å²) in [6.45, 7) is 3.34. The molecule has 1 aliphatic rings. The van der Waals surface area contributed by atoms with E-state index in [0.29, 0.717) is 18.8 Å². The summed E-state index contributed by atoms with van der Waals surface area (Å²) in [5, 5.41) is 16.2. The second-order valence-corrected chi connectivity index (χ2v) is 4.22. The van der Waals surface area contributed by atoms with Crippen LogP contribution >= 0.6 is 0 Å². The molecule has 1 saturated heterocycles. The van der Waals surface area contributed by atoms with Crippen molar-refractivity contribution in [3.05, 3.63) is 11.4 Å². The van der Waals surface area contributed by atoms with Crippen LogP contribution in [-0.4, -0.2) is 45.6 Å². The zero-order valence-corrected chi connectivity index (χ0v) is 10.3. The quantitative estimate of drug-likeness (QED) is 0.838. The van der Waals surface area contributed by atoms with Crippen molar-refractivity contribution in [2.24, 2.45) is 0 Å². The SMILES string of the molecule is Cc1c(C(=O)O)nnn1CCOC1CCCCO1. The highest BCUT2D eigenvalue weighted by Gasteiger charge is 2.16. The fourth-order valence-electron chi connectivity index (χ4n) is 1.88. The Kier molecular flexibility index (Phi) is 4.27. The van der Waals surface area contributed by atoms with Crippen LogP contribution in [0.3, 0.4) is 0 Å². The van der Waals surface area contributed by atoms with Gasteiger partial charge in [0, 0.05) is 6.61 Å². The Labute approximate surface area is 105 Å². The Hall–Kier alpha value is -1.47. The maximum absolute atomic E-state index is 10.8. The maximum atomic E-state index is 10.8. The van der Waals surface area contributed by atoms with E-state index in [2.05, 4.69) is 10.3 Å². The topological polar surface area (TPSA) is 86.5 Å². The molecule has 1 aliphatic heterocycles. The van der Waals surface area contributed by atoms with Gasteiger partial charge in [-0.2, -0.15) is 0 Å². The zero-order valence-electron chi connectivity index (χ0n) is 10.3. The first kappa shape index (κ1) is 13.0. The molecular weight excluding hydrogens is 238 g/mol. The number of rotatable bonds is 5. The lowest BCUT2D eigenvalue weighted by atomic mass is 10.2. The molecule has 1 N–H and O–H groups in total. The number of carbonyl (C=O) groups is 1. The van der Waals surface area contributed by atoms with Crippen LogP contribution in [0.2, 0.25) is 0 Å². The highest BCUT2D eigenvalue weighted by molar-refractivity contribution is 5.86. The van der Waals surface area contributed by atoms with Crippen LogP contribution < -0.4 is 0 Å². The van der Waals surface area contributed by atoms with Gasteiger partial charge in [-0.15, -0.1) is 5.10 Å². The van der Waals surface area contributed by atoms with Crippen LogP contribution in [-0.2, 0) is 16.0 Å². The van der Waals surface area contributed by atoms with Gasteiger partial charge in [0.1, 0.15) is 0 Å². The lowest BCUT2D eigenvalue weighted by molar-refractivity contribution is -0.163. The molecular formula is C11H17N3O4. The van der Waals surface area contributed by atoms with Crippen molar-refractivity contribution in [2.75, 3.05) is 13.2 Å². The van der Waals surface area contributed by atoms with E-state index in [1.54, 1.807) is 6.92 Å². The number of nitrogens with zero attached hydrogens (tertiary/aromatic N) is 3. The van der Waals surface area contributed by atoms with Crippen molar-refractivity contribution in [3.8, 4) is 0 Å². The van der Waals surface area contributed by atoms with Crippen molar-refractivity contribution < 1.29 is 19.4 Å². The molecule has 7 heteroatoms. The zero-order chi connectivity index (χ0) is 13.0. The van der Waals surface area contributed by atoms with Gasteiger partial charge in [-0.25, -0.2) is 9.48 Å². The Bertz CT molecular complexity index is 412. The number of hydrogen-bond acceptors (Lipinski definition) is 5. The lowest BCUT2D eigenvalue weighted by Gasteiger charge is -2.22. The number of ether oxygens (including phenoxy) is 2. The molecule has 0 saturated carbocycles. The first-order chi connectivity index (χ1) is 8.68. The van der Waals surface area contributed by atoms with E-state index in [1.807, 2.05) is 0 Å². The van der Waals surface area contributed by atoms with Gasteiger partial charge in [0.05, 0.1) is 18.8 Å².